The van der Waals surface area contributed by atoms with Crippen LogP contribution in [0.5, 0.6) is 0 Å². The molecule has 0 radical (unpaired) electrons. The average Bonchev–Trinajstić information content (AvgIpc) is 2.56. The molecule has 2 unspecified atom stereocenters. The zero-order valence-corrected chi connectivity index (χ0v) is 15.5. The molecule has 2 N–H and O–H groups in total. The van der Waals surface area contributed by atoms with Crippen molar-refractivity contribution < 1.29 is 0 Å². The fourth-order valence-electron chi connectivity index (χ4n) is 4.14. The van der Waals surface area contributed by atoms with Crippen molar-refractivity contribution in [3.8, 4) is 0 Å². The fraction of sp³-hybridized carbons (Fsp3) is 0.789. The van der Waals surface area contributed by atoms with E-state index in [0.29, 0.717) is 12.1 Å². The van der Waals surface area contributed by atoms with Crippen LogP contribution in [-0.4, -0.2) is 25.2 Å². The summed E-state index contributed by atoms with van der Waals surface area (Å²) in [5.41, 5.74) is 6.44. The predicted octanol–water partition coefficient (Wildman–Crippen LogP) is 4.44. The highest BCUT2D eigenvalue weighted by atomic mass is 14.9. The number of allylic oxidation sites excluding steroid dienone is 4. The Hall–Kier alpha value is -0.600. The lowest BCUT2D eigenvalue weighted by Gasteiger charge is -2.39. The average molecular weight is 293 g/mol. The normalized spacial score (nSPS) is 21.1. The van der Waals surface area contributed by atoms with Gasteiger partial charge in [0.25, 0.3) is 0 Å². The van der Waals surface area contributed by atoms with Crippen LogP contribution in [0.25, 0.3) is 0 Å². The van der Waals surface area contributed by atoms with E-state index in [9.17, 15) is 0 Å². The Morgan fingerprint density at radius 2 is 1.10 bits per heavy atom. The third-order valence-electron chi connectivity index (χ3n) is 5.54. The topological polar surface area (TPSA) is 24.1 Å². The van der Waals surface area contributed by atoms with Crippen molar-refractivity contribution in [1.82, 2.24) is 10.6 Å². The van der Waals surface area contributed by atoms with Gasteiger partial charge in [-0.15, -0.1) is 0 Å². The van der Waals surface area contributed by atoms with Gasteiger partial charge in [-0.1, -0.05) is 25.0 Å². The summed E-state index contributed by atoms with van der Waals surface area (Å²) in [7, 11) is 0. The molecular weight excluding hydrogens is 256 g/mol. The number of hydrogen-bond acceptors (Lipinski definition) is 2. The molecule has 2 heteroatoms. The van der Waals surface area contributed by atoms with Crippen molar-refractivity contribution in [3.05, 3.63) is 22.3 Å². The van der Waals surface area contributed by atoms with Crippen LogP contribution in [0.15, 0.2) is 22.3 Å². The van der Waals surface area contributed by atoms with Crippen molar-refractivity contribution in [1.29, 1.82) is 0 Å². The van der Waals surface area contributed by atoms with Gasteiger partial charge in [0.1, 0.15) is 0 Å². The van der Waals surface area contributed by atoms with Crippen molar-refractivity contribution in [2.24, 2.45) is 5.41 Å². The zero-order chi connectivity index (χ0) is 16.2. The maximum absolute atomic E-state index is 3.61. The van der Waals surface area contributed by atoms with Crippen LogP contribution in [0.1, 0.15) is 68.2 Å². The first-order chi connectivity index (χ1) is 9.80. The molecule has 0 saturated carbocycles. The van der Waals surface area contributed by atoms with Gasteiger partial charge in [-0.25, -0.2) is 0 Å². The molecule has 0 amide bonds. The molecule has 2 nitrogen and oxygen atoms in total. The second-order valence-corrected chi connectivity index (χ2v) is 6.91. The first-order valence-electron chi connectivity index (χ1n) is 8.63. The minimum atomic E-state index is 0.233. The second-order valence-electron chi connectivity index (χ2n) is 6.91. The number of nitrogens with one attached hydrogen (secondary N) is 2. The van der Waals surface area contributed by atoms with E-state index in [4.69, 9.17) is 0 Å². The van der Waals surface area contributed by atoms with E-state index in [1.165, 1.54) is 24.0 Å². The minimum absolute atomic E-state index is 0.233. The quantitative estimate of drug-likeness (QED) is 0.691. The number of hydrogen-bond donors (Lipinski definition) is 2. The Morgan fingerprint density at radius 3 is 1.38 bits per heavy atom. The first-order valence-corrected chi connectivity index (χ1v) is 8.63. The van der Waals surface area contributed by atoms with Crippen LogP contribution < -0.4 is 10.6 Å². The van der Waals surface area contributed by atoms with Gasteiger partial charge in [-0.05, 0) is 78.6 Å². The molecule has 1 aliphatic rings. The Bertz CT molecular complexity index is 377. The molecule has 1 rings (SSSR count). The third kappa shape index (κ3) is 3.78. The van der Waals surface area contributed by atoms with E-state index in [2.05, 4.69) is 66.0 Å². The Labute approximate surface area is 132 Å². The molecule has 0 aromatic rings. The molecule has 21 heavy (non-hydrogen) atoms. The summed E-state index contributed by atoms with van der Waals surface area (Å²) < 4.78 is 0. The predicted molar refractivity (Wildman–Crippen MR) is 94.7 cm³/mol. The van der Waals surface area contributed by atoms with Crippen molar-refractivity contribution in [2.45, 2.75) is 80.3 Å². The van der Waals surface area contributed by atoms with Crippen LogP contribution in [0.3, 0.4) is 0 Å². The van der Waals surface area contributed by atoms with Crippen LogP contribution in [0.4, 0.5) is 0 Å². The standard InChI is InChI=1S/C19H36N2/c1-9-20-13(3)11-19(12-14(4)21-10-2)17(7)15(5)16(6)18(19)8/h13-14,20-21H,9-12H2,1-8H3. The van der Waals surface area contributed by atoms with Gasteiger partial charge < -0.3 is 10.6 Å². The summed E-state index contributed by atoms with van der Waals surface area (Å²) in [5.74, 6) is 0. The van der Waals surface area contributed by atoms with E-state index in [-0.39, 0.29) is 5.41 Å². The van der Waals surface area contributed by atoms with Crippen LogP contribution >= 0.6 is 0 Å². The van der Waals surface area contributed by atoms with E-state index >= 15 is 0 Å². The van der Waals surface area contributed by atoms with Gasteiger partial charge in [0.2, 0.25) is 0 Å². The summed E-state index contributed by atoms with van der Waals surface area (Å²) in [6, 6.07) is 1.10. The van der Waals surface area contributed by atoms with Gasteiger partial charge in [0.15, 0.2) is 0 Å². The van der Waals surface area contributed by atoms with E-state index in [1.807, 2.05) is 0 Å². The van der Waals surface area contributed by atoms with Crippen LogP contribution in [0.2, 0.25) is 0 Å². The lowest BCUT2D eigenvalue weighted by Crippen LogP contribution is -2.39. The lowest BCUT2D eigenvalue weighted by molar-refractivity contribution is 0.286. The van der Waals surface area contributed by atoms with Gasteiger partial charge in [0, 0.05) is 17.5 Å². The first kappa shape index (κ1) is 18.4. The molecule has 0 aromatic carbocycles. The Kier molecular flexibility index (Phi) is 6.68. The zero-order valence-electron chi connectivity index (χ0n) is 15.5. The van der Waals surface area contributed by atoms with Crippen molar-refractivity contribution >= 4 is 0 Å². The highest BCUT2D eigenvalue weighted by Crippen LogP contribution is 2.52. The van der Waals surface area contributed by atoms with Gasteiger partial charge >= 0.3 is 0 Å². The largest absolute Gasteiger partial charge is 0.314 e. The molecule has 0 aromatic heterocycles. The maximum atomic E-state index is 3.61. The minimum Gasteiger partial charge on any atom is -0.314 e. The maximum Gasteiger partial charge on any atom is 0.0156 e. The molecule has 122 valence electrons. The smallest absolute Gasteiger partial charge is 0.0156 e. The van der Waals surface area contributed by atoms with Crippen molar-refractivity contribution in [2.75, 3.05) is 13.1 Å². The molecule has 2 atom stereocenters. The summed E-state index contributed by atoms with van der Waals surface area (Å²) in [6.07, 6.45) is 2.39. The van der Waals surface area contributed by atoms with E-state index < -0.39 is 0 Å². The molecule has 0 heterocycles. The molecule has 0 aliphatic heterocycles. The SMILES string of the molecule is CCNC(C)CC1(CC(C)NCC)C(C)=C(C)C(C)=C1C. The summed E-state index contributed by atoms with van der Waals surface area (Å²) in [6.45, 7) is 20.4. The third-order valence-corrected chi connectivity index (χ3v) is 5.54. The van der Waals surface area contributed by atoms with Crippen molar-refractivity contribution in [3.63, 3.8) is 0 Å². The van der Waals surface area contributed by atoms with Gasteiger partial charge in [-0.2, -0.15) is 0 Å². The Morgan fingerprint density at radius 1 is 0.762 bits per heavy atom. The summed E-state index contributed by atoms with van der Waals surface area (Å²) in [5, 5.41) is 7.22. The molecule has 0 bridgehead atoms. The van der Waals surface area contributed by atoms with Crippen LogP contribution in [-0.2, 0) is 0 Å². The highest BCUT2D eigenvalue weighted by Gasteiger charge is 2.42. The van der Waals surface area contributed by atoms with E-state index in [1.54, 1.807) is 11.1 Å². The molecule has 0 spiro atoms. The molecule has 0 fully saturated rings. The fourth-order valence-corrected chi connectivity index (χ4v) is 4.14. The van der Waals surface area contributed by atoms with Crippen LogP contribution in [0, 0.1) is 5.41 Å². The van der Waals surface area contributed by atoms with Gasteiger partial charge in [0.05, 0.1) is 0 Å². The molecule has 0 saturated heterocycles. The lowest BCUT2D eigenvalue weighted by atomic mass is 9.69. The summed E-state index contributed by atoms with van der Waals surface area (Å²) in [4.78, 5) is 0. The summed E-state index contributed by atoms with van der Waals surface area (Å²) >= 11 is 0. The van der Waals surface area contributed by atoms with E-state index in [0.717, 1.165) is 13.1 Å². The monoisotopic (exact) mass is 292 g/mol. The highest BCUT2D eigenvalue weighted by molar-refractivity contribution is 5.50. The Balaban J connectivity index is 3.12. The number of rotatable bonds is 8. The second kappa shape index (κ2) is 7.60. The molecular formula is C19H36N2. The van der Waals surface area contributed by atoms with Gasteiger partial charge in [-0.3, -0.25) is 0 Å². The molecule has 1 aliphatic carbocycles.